The lowest BCUT2D eigenvalue weighted by Gasteiger charge is -2.18. The number of phosphoric acid groups is 1. The second kappa shape index (κ2) is 40.7. The summed E-state index contributed by atoms with van der Waals surface area (Å²) in [4.78, 5) is 42.9. The Bertz CT molecular complexity index is 1020. The number of hydrogen-bond donors (Lipinski definition) is 2. The second-order valence-corrected chi connectivity index (χ2v) is 15.9. The molecule has 0 aromatic carbocycles. The van der Waals surface area contributed by atoms with Crippen LogP contribution in [0.1, 0.15) is 206 Å². The van der Waals surface area contributed by atoms with Crippen LogP contribution in [0, 0.1) is 0 Å². The number of ether oxygens (including phenoxy) is 2. The van der Waals surface area contributed by atoms with Gasteiger partial charge in [0.15, 0.2) is 6.10 Å². The fourth-order valence-corrected chi connectivity index (χ4v) is 6.38. The van der Waals surface area contributed by atoms with Crippen LogP contribution in [0.25, 0.3) is 0 Å². The largest absolute Gasteiger partial charge is 0.469 e. The number of phosphoric ester groups is 1. The Hall–Kier alpha value is -1.99. The number of unbranched alkanes of at least 4 members (excludes halogenated alkanes) is 22. The van der Waals surface area contributed by atoms with Crippen LogP contribution in [0.5, 0.6) is 0 Å². The van der Waals surface area contributed by atoms with Gasteiger partial charge in [0, 0.05) is 12.8 Å². The van der Waals surface area contributed by atoms with Gasteiger partial charge in [0.25, 0.3) is 0 Å². The fourth-order valence-electron chi connectivity index (χ4n) is 6.02. The Labute approximate surface area is 331 Å². The van der Waals surface area contributed by atoms with Crippen LogP contribution < -0.4 is 0 Å². The van der Waals surface area contributed by atoms with E-state index in [2.05, 4.69) is 67.0 Å². The van der Waals surface area contributed by atoms with E-state index in [0.717, 1.165) is 51.4 Å². The molecular formula is C45H81O8P. The Morgan fingerprint density at radius 1 is 0.481 bits per heavy atom. The van der Waals surface area contributed by atoms with Crippen molar-refractivity contribution in [3.63, 3.8) is 0 Å². The van der Waals surface area contributed by atoms with Crippen molar-refractivity contribution in [2.75, 3.05) is 13.2 Å². The third-order valence-electron chi connectivity index (χ3n) is 9.32. The van der Waals surface area contributed by atoms with Crippen LogP contribution in [-0.4, -0.2) is 41.0 Å². The molecule has 54 heavy (non-hydrogen) atoms. The Kier molecular flexibility index (Phi) is 39.2. The lowest BCUT2D eigenvalue weighted by atomic mass is 10.0. The van der Waals surface area contributed by atoms with Gasteiger partial charge in [-0.15, -0.1) is 0 Å². The van der Waals surface area contributed by atoms with Gasteiger partial charge in [0.05, 0.1) is 6.61 Å². The average Bonchev–Trinajstić information content (AvgIpc) is 3.14. The van der Waals surface area contributed by atoms with E-state index in [1.54, 1.807) is 0 Å². The molecule has 8 nitrogen and oxygen atoms in total. The fraction of sp³-hybridized carbons (Fsp3) is 0.778. The maximum Gasteiger partial charge on any atom is 0.469 e. The first-order valence-electron chi connectivity index (χ1n) is 21.9. The summed E-state index contributed by atoms with van der Waals surface area (Å²) in [7, 11) is -4.77. The lowest BCUT2D eigenvalue weighted by Crippen LogP contribution is -2.29. The third kappa shape index (κ3) is 42.7. The molecule has 1 atom stereocenters. The molecule has 0 amide bonds. The van der Waals surface area contributed by atoms with Gasteiger partial charge in [-0.1, -0.05) is 165 Å². The minimum atomic E-state index is -4.77. The van der Waals surface area contributed by atoms with Crippen molar-refractivity contribution >= 4 is 19.8 Å². The van der Waals surface area contributed by atoms with Crippen LogP contribution >= 0.6 is 7.82 Å². The molecule has 314 valence electrons. The summed E-state index contributed by atoms with van der Waals surface area (Å²) in [6.45, 7) is 3.63. The van der Waals surface area contributed by atoms with E-state index in [4.69, 9.17) is 19.3 Å². The third-order valence-corrected chi connectivity index (χ3v) is 9.81. The second-order valence-electron chi connectivity index (χ2n) is 14.7. The minimum absolute atomic E-state index is 0.163. The quantitative estimate of drug-likeness (QED) is 0.0273. The number of hydrogen-bond acceptors (Lipinski definition) is 6. The molecule has 0 aliphatic rings. The van der Waals surface area contributed by atoms with Gasteiger partial charge in [-0.25, -0.2) is 4.57 Å². The lowest BCUT2D eigenvalue weighted by molar-refractivity contribution is -0.161. The van der Waals surface area contributed by atoms with Crippen molar-refractivity contribution in [3.8, 4) is 0 Å². The van der Waals surface area contributed by atoms with E-state index in [9.17, 15) is 14.2 Å². The molecule has 0 aromatic rings. The molecule has 0 aliphatic heterocycles. The maximum atomic E-state index is 12.4. The SMILES string of the molecule is CCCCC/C=C\C/C=C\C/C=C\CCCCC(=O)O[C@H](COC(=O)CCCCCCCCCCCCC/C=C\CCCCCCCC)COP(=O)(O)O. The molecule has 0 fully saturated rings. The molecule has 0 aromatic heterocycles. The predicted molar refractivity (Wildman–Crippen MR) is 225 cm³/mol. The van der Waals surface area contributed by atoms with E-state index in [1.807, 2.05) is 0 Å². The summed E-state index contributed by atoms with van der Waals surface area (Å²) in [5.74, 6) is -0.928. The highest BCUT2D eigenvalue weighted by atomic mass is 31.2. The highest BCUT2D eigenvalue weighted by Gasteiger charge is 2.22. The minimum Gasteiger partial charge on any atom is -0.462 e. The summed E-state index contributed by atoms with van der Waals surface area (Å²) in [6.07, 6.45) is 49.8. The van der Waals surface area contributed by atoms with Crippen LogP contribution in [0.4, 0.5) is 0 Å². The Morgan fingerprint density at radius 2 is 0.833 bits per heavy atom. The zero-order valence-corrected chi connectivity index (χ0v) is 35.5. The van der Waals surface area contributed by atoms with Crippen molar-refractivity contribution in [3.05, 3.63) is 48.6 Å². The van der Waals surface area contributed by atoms with Crippen LogP contribution in [0.15, 0.2) is 48.6 Å². The standard InChI is InChI=1S/C45H81O8P/c1-3-5-7-9-11-13-15-17-19-20-21-22-23-24-26-27-29-31-33-35-37-39-44(46)51-41-43(42-52-54(48,49)50)53-45(47)40-38-36-34-32-30-28-25-18-16-14-12-10-8-6-4-2/h12,14,17-19,25,30,32,43H,3-11,13,15-16,20-24,26-29,31,33-42H2,1-2H3,(H2,48,49,50)/b14-12-,19-17-,25-18-,32-30-/t43-/m1/s1. The summed E-state index contributed by atoms with van der Waals surface area (Å²) in [6, 6.07) is 0. The van der Waals surface area contributed by atoms with Gasteiger partial charge >= 0.3 is 19.8 Å². The van der Waals surface area contributed by atoms with Crippen LogP contribution in [0.3, 0.4) is 0 Å². The molecule has 0 saturated carbocycles. The van der Waals surface area contributed by atoms with E-state index in [1.165, 1.54) is 122 Å². The van der Waals surface area contributed by atoms with Crippen molar-refractivity contribution in [1.82, 2.24) is 0 Å². The van der Waals surface area contributed by atoms with E-state index < -0.39 is 32.5 Å². The summed E-state index contributed by atoms with van der Waals surface area (Å²) >= 11 is 0. The van der Waals surface area contributed by atoms with E-state index in [0.29, 0.717) is 6.42 Å². The Morgan fingerprint density at radius 3 is 1.33 bits per heavy atom. The average molecular weight is 781 g/mol. The molecule has 9 heteroatoms. The molecule has 0 aliphatic carbocycles. The smallest absolute Gasteiger partial charge is 0.462 e. The number of carbonyl (C=O) groups excluding carboxylic acids is 2. The zero-order chi connectivity index (χ0) is 39.6. The number of allylic oxidation sites excluding steroid dienone is 8. The molecule has 0 saturated heterocycles. The molecule has 0 heterocycles. The molecule has 0 bridgehead atoms. The van der Waals surface area contributed by atoms with Gasteiger partial charge in [0.2, 0.25) is 0 Å². The number of rotatable bonds is 40. The topological polar surface area (TPSA) is 119 Å². The number of esters is 2. The van der Waals surface area contributed by atoms with Crippen molar-refractivity contribution < 1.29 is 37.9 Å². The summed E-state index contributed by atoms with van der Waals surface area (Å²) < 4.78 is 26.4. The van der Waals surface area contributed by atoms with E-state index in [-0.39, 0.29) is 19.4 Å². The van der Waals surface area contributed by atoms with Gasteiger partial charge in [0.1, 0.15) is 6.61 Å². The highest BCUT2D eigenvalue weighted by molar-refractivity contribution is 7.46. The Balaban J connectivity index is 3.91. The molecule has 0 rings (SSSR count). The first-order valence-corrected chi connectivity index (χ1v) is 23.5. The van der Waals surface area contributed by atoms with Gasteiger partial charge in [-0.05, 0) is 77.0 Å². The number of carbonyl (C=O) groups is 2. The monoisotopic (exact) mass is 781 g/mol. The highest BCUT2D eigenvalue weighted by Crippen LogP contribution is 2.36. The van der Waals surface area contributed by atoms with E-state index >= 15 is 0 Å². The van der Waals surface area contributed by atoms with Gasteiger partial charge < -0.3 is 19.3 Å². The molecule has 2 N–H and O–H groups in total. The summed E-state index contributed by atoms with van der Waals surface area (Å²) in [5.41, 5.74) is 0. The normalized spacial score (nSPS) is 12.9. The van der Waals surface area contributed by atoms with Crippen molar-refractivity contribution in [2.24, 2.45) is 0 Å². The molecule has 0 spiro atoms. The maximum absolute atomic E-state index is 12.4. The van der Waals surface area contributed by atoms with Crippen molar-refractivity contribution in [1.29, 1.82) is 0 Å². The first kappa shape index (κ1) is 52.0. The van der Waals surface area contributed by atoms with Gasteiger partial charge in [-0.2, -0.15) is 0 Å². The molecular weight excluding hydrogens is 699 g/mol. The van der Waals surface area contributed by atoms with Crippen LogP contribution in [-0.2, 0) is 28.2 Å². The van der Waals surface area contributed by atoms with Crippen molar-refractivity contribution in [2.45, 2.75) is 213 Å². The molecule has 0 unspecified atom stereocenters. The summed E-state index contributed by atoms with van der Waals surface area (Å²) in [5, 5.41) is 0. The predicted octanol–water partition coefficient (Wildman–Crippen LogP) is 13.5. The van der Waals surface area contributed by atoms with Crippen LogP contribution in [0.2, 0.25) is 0 Å². The van der Waals surface area contributed by atoms with Gasteiger partial charge in [-0.3, -0.25) is 14.1 Å². The molecule has 0 radical (unpaired) electrons. The first-order chi connectivity index (χ1) is 26.3. The zero-order valence-electron chi connectivity index (χ0n) is 34.6.